The molecule has 1 aromatic carbocycles. The Morgan fingerprint density at radius 2 is 2.07 bits per heavy atom. The van der Waals surface area contributed by atoms with Gasteiger partial charge in [-0.15, -0.1) is 10.2 Å². The molecule has 9 nitrogen and oxygen atoms in total. The second-order valence-corrected chi connectivity index (χ2v) is 6.37. The van der Waals surface area contributed by atoms with Crippen LogP contribution in [0.2, 0.25) is 0 Å². The molecule has 0 saturated carbocycles. The van der Waals surface area contributed by atoms with Gasteiger partial charge in [-0.25, -0.2) is 4.98 Å². The van der Waals surface area contributed by atoms with E-state index in [1.54, 1.807) is 38.0 Å². The molecule has 3 heterocycles. The summed E-state index contributed by atoms with van der Waals surface area (Å²) < 4.78 is 7.12. The van der Waals surface area contributed by atoms with Crippen molar-refractivity contribution in [3.8, 4) is 0 Å². The molecule has 4 rings (SSSR count). The predicted octanol–water partition coefficient (Wildman–Crippen LogP) is 1.65. The number of methoxy groups -OCH3 is 1. The predicted molar refractivity (Wildman–Crippen MR) is 103 cm³/mol. The van der Waals surface area contributed by atoms with Crippen LogP contribution in [0.1, 0.15) is 21.7 Å². The van der Waals surface area contributed by atoms with Gasteiger partial charge in [0.2, 0.25) is 5.65 Å². The zero-order valence-corrected chi connectivity index (χ0v) is 15.6. The Labute approximate surface area is 160 Å². The normalized spacial score (nSPS) is 11.2. The summed E-state index contributed by atoms with van der Waals surface area (Å²) in [6.07, 6.45) is 5.04. The van der Waals surface area contributed by atoms with Gasteiger partial charge in [0.1, 0.15) is 0 Å². The second-order valence-electron chi connectivity index (χ2n) is 6.37. The Kier molecular flexibility index (Phi) is 4.90. The van der Waals surface area contributed by atoms with Crippen molar-refractivity contribution in [2.24, 2.45) is 0 Å². The SMILES string of the molecule is COCCn1cnc2nnc3ccc(C(=O)NCc4cnc(C)cn4)cc3c21. The molecule has 0 aliphatic carbocycles. The lowest BCUT2D eigenvalue weighted by atomic mass is 10.1. The minimum atomic E-state index is -0.197. The van der Waals surface area contributed by atoms with E-state index in [9.17, 15) is 4.79 Å². The van der Waals surface area contributed by atoms with E-state index in [1.165, 1.54) is 0 Å². The summed E-state index contributed by atoms with van der Waals surface area (Å²) in [6.45, 7) is 3.36. The topological polar surface area (TPSA) is 108 Å². The van der Waals surface area contributed by atoms with E-state index in [0.29, 0.717) is 42.1 Å². The van der Waals surface area contributed by atoms with Gasteiger partial charge in [0.15, 0.2) is 0 Å². The third-order valence-corrected chi connectivity index (χ3v) is 4.39. The molecule has 0 aliphatic heterocycles. The molecule has 9 heteroatoms. The molecule has 1 amide bonds. The minimum absolute atomic E-state index is 0.197. The van der Waals surface area contributed by atoms with Crippen LogP contribution < -0.4 is 5.32 Å². The molecule has 0 aliphatic rings. The third-order valence-electron chi connectivity index (χ3n) is 4.39. The molecule has 0 saturated heterocycles. The van der Waals surface area contributed by atoms with Gasteiger partial charge < -0.3 is 14.6 Å². The Balaban J connectivity index is 1.63. The Hall–Kier alpha value is -3.46. The number of rotatable bonds is 6. The number of hydrogen-bond donors (Lipinski definition) is 1. The minimum Gasteiger partial charge on any atom is -0.383 e. The van der Waals surface area contributed by atoms with Crippen LogP contribution in [0.25, 0.3) is 22.1 Å². The zero-order chi connectivity index (χ0) is 19.5. The van der Waals surface area contributed by atoms with E-state index < -0.39 is 0 Å². The average Bonchev–Trinajstić information content (AvgIpc) is 3.14. The van der Waals surface area contributed by atoms with E-state index in [-0.39, 0.29) is 5.91 Å². The molecule has 4 aromatic rings. The van der Waals surface area contributed by atoms with Crippen molar-refractivity contribution in [3.63, 3.8) is 0 Å². The summed E-state index contributed by atoms with van der Waals surface area (Å²) in [6, 6.07) is 5.33. The van der Waals surface area contributed by atoms with Gasteiger partial charge in [0, 0.05) is 30.8 Å². The fourth-order valence-corrected chi connectivity index (χ4v) is 2.92. The lowest BCUT2D eigenvalue weighted by Crippen LogP contribution is -2.23. The number of hydrogen-bond acceptors (Lipinski definition) is 7. The number of aryl methyl sites for hydroxylation is 1. The van der Waals surface area contributed by atoms with E-state index in [2.05, 4.69) is 30.5 Å². The zero-order valence-electron chi connectivity index (χ0n) is 15.6. The van der Waals surface area contributed by atoms with Crippen LogP contribution >= 0.6 is 0 Å². The number of imidazole rings is 1. The van der Waals surface area contributed by atoms with Crippen molar-refractivity contribution in [2.45, 2.75) is 20.0 Å². The van der Waals surface area contributed by atoms with Gasteiger partial charge in [0.05, 0.1) is 48.1 Å². The van der Waals surface area contributed by atoms with Crippen LogP contribution in [0.4, 0.5) is 0 Å². The standard InChI is InChI=1S/C19H19N7O2/c1-12-8-21-14(9-20-12)10-22-19(27)13-3-4-16-15(7-13)17-18(25-24-16)23-11-26(17)5-6-28-2/h3-4,7-9,11H,5-6,10H2,1-2H3,(H,22,27). The summed E-state index contributed by atoms with van der Waals surface area (Å²) in [5, 5.41) is 12.0. The number of nitrogens with zero attached hydrogens (tertiary/aromatic N) is 6. The molecule has 0 bridgehead atoms. The first kappa shape index (κ1) is 17.9. The van der Waals surface area contributed by atoms with Crippen LogP contribution in [-0.2, 0) is 17.8 Å². The smallest absolute Gasteiger partial charge is 0.251 e. The number of carbonyl (C=O) groups is 1. The Bertz CT molecular complexity index is 1140. The molecule has 0 radical (unpaired) electrons. The van der Waals surface area contributed by atoms with Crippen LogP contribution in [0.5, 0.6) is 0 Å². The van der Waals surface area contributed by atoms with Gasteiger partial charge in [0.25, 0.3) is 5.91 Å². The highest BCUT2D eigenvalue weighted by Gasteiger charge is 2.13. The number of fused-ring (bicyclic) bond motifs is 3. The van der Waals surface area contributed by atoms with Crippen molar-refractivity contribution < 1.29 is 9.53 Å². The van der Waals surface area contributed by atoms with Gasteiger partial charge >= 0.3 is 0 Å². The fraction of sp³-hybridized carbons (Fsp3) is 0.263. The molecule has 0 atom stereocenters. The largest absolute Gasteiger partial charge is 0.383 e. The first-order chi connectivity index (χ1) is 13.7. The number of ether oxygens (including phenoxy) is 1. The molecule has 142 valence electrons. The lowest BCUT2D eigenvalue weighted by molar-refractivity contribution is 0.0950. The van der Waals surface area contributed by atoms with Crippen LogP contribution in [0.15, 0.2) is 36.9 Å². The fourth-order valence-electron chi connectivity index (χ4n) is 2.92. The monoisotopic (exact) mass is 377 g/mol. The van der Waals surface area contributed by atoms with E-state index in [1.807, 2.05) is 17.6 Å². The van der Waals surface area contributed by atoms with E-state index >= 15 is 0 Å². The maximum absolute atomic E-state index is 12.6. The number of nitrogens with one attached hydrogen (secondary N) is 1. The van der Waals surface area contributed by atoms with E-state index in [4.69, 9.17) is 4.74 Å². The van der Waals surface area contributed by atoms with Gasteiger partial charge in [-0.3, -0.25) is 14.8 Å². The molecule has 28 heavy (non-hydrogen) atoms. The summed E-state index contributed by atoms with van der Waals surface area (Å²) in [4.78, 5) is 25.4. The van der Waals surface area contributed by atoms with Crippen molar-refractivity contribution in [1.82, 2.24) is 35.0 Å². The maximum atomic E-state index is 12.6. The molecule has 0 unspecified atom stereocenters. The van der Waals surface area contributed by atoms with Crippen LogP contribution in [0, 0.1) is 6.92 Å². The van der Waals surface area contributed by atoms with Crippen molar-refractivity contribution in [1.29, 1.82) is 0 Å². The highest BCUT2D eigenvalue weighted by molar-refractivity contribution is 6.05. The van der Waals surface area contributed by atoms with Crippen molar-refractivity contribution in [2.75, 3.05) is 13.7 Å². The molecular formula is C19H19N7O2. The van der Waals surface area contributed by atoms with Crippen LogP contribution in [-0.4, -0.2) is 49.3 Å². The van der Waals surface area contributed by atoms with Crippen LogP contribution in [0.3, 0.4) is 0 Å². The molecule has 3 aromatic heterocycles. The van der Waals surface area contributed by atoms with E-state index in [0.717, 1.165) is 16.6 Å². The highest BCUT2D eigenvalue weighted by Crippen LogP contribution is 2.22. The van der Waals surface area contributed by atoms with Crippen molar-refractivity contribution in [3.05, 3.63) is 53.9 Å². The summed E-state index contributed by atoms with van der Waals surface area (Å²) in [5.74, 6) is -0.197. The average molecular weight is 377 g/mol. The molecule has 0 fully saturated rings. The summed E-state index contributed by atoms with van der Waals surface area (Å²) >= 11 is 0. The van der Waals surface area contributed by atoms with Gasteiger partial charge in [-0.1, -0.05) is 0 Å². The highest BCUT2D eigenvalue weighted by atomic mass is 16.5. The van der Waals surface area contributed by atoms with Crippen molar-refractivity contribution >= 4 is 28.0 Å². The molecule has 0 spiro atoms. The van der Waals surface area contributed by atoms with Gasteiger partial charge in [-0.05, 0) is 25.1 Å². The first-order valence-electron chi connectivity index (χ1n) is 8.81. The lowest BCUT2D eigenvalue weighted by Gasteiger charge is -2.08. The number of benzene rings is 1. The Morgan fingerprint density at radius 3 is 2.86 bits per heavy atom. The third kappa shape index (κ3) is 3.52. The molecule has 1 N–H and O–H groups in total. The number of amides is 1. The maximum Gasteiger partial charge on any atom is 0.251 e. The molecular weight excluding hydrogens is 358 g/mol. The summed E-state index contributed by atoms with van der Waals surface area (Å²) in [7, 11) is 1.65. The quantitative estimate of drug-likeness (QED) is 0.544. The van der Waals surface area contributed by atoms with Gasteiger partial charge in [-0.2, -0.15) is 0 Å². The first-order valence-corrected chi connectivity index (χ1v) is 8.81. The number of aromatic nitrogens is 6. The summed E-state index contributed by atoms with van der Waals surface area (Å²) in [5.41, 5.74) is 4.14. The Morgan fingerprint density at radius 1 is 1.18 bits per heavy atom. The second kappa shape index (κ2) is 7.65. The number of carbonyl (C=O) groups excluding carboxylic acids is 1.